The fraction of sp³-hybridized carbons (Fsp3) is 0.250. The molecule has 0 aliphatic rings. The molecule has 0 bridgehead atoms. The number of nitrogens with one attached hydrogen (secondary N) is 1. The van der Waals surface area contributed by atoms with E-state index in [2.05, 4.69) is 5.32 Å². The lowest BCUT2D eigenvalue weighted by Crippen LogP contribution is -2.29. The molecule has 0 aliphatic heterocycles. The van der Waals surface area contributed by atoms with Gasteiger partial charge in [-0.05, 0) is 31.0 Å². The molecular formula is C20H20FNO3. The molecule has 3 rings (SSSR count). The number of aliphatic hydroxyl groups is 1. The first-order chi connectivity index (χ1) is 12.0. The van der Waals surface area contributed by atoms with Crippen molar-refractivity contribution in [3.05, 3.63) is 71.7 Å². The maximum atomic E-state index is 13.7. The van der Waals surface area contributed by atoms with Gasteiger partial charge in [-0.3, -0.25) is 4.79 Å². The van der Waals surface area contributed by atoms with Gasteiger partial charge < -0.3 is 14.8 Å². The summed E-state index contributed by atoms with van der Waals surface area (Å²) in [6.07, 6.45) is 0.0430. The van der Waals surface area contributed by atoms with E-state index in [-0.39, 0.29) is 17.3 Å². The Morgan fingerprint density at radius 2 is 1.96 bits per heavy atom. The average molecular weight is 341 g/mol. The molecule has 1 aromatic heterocycles. The second-order valence-electron chi connectivity index (χ2n) is 6.17. The minimum atomic E-state index is -0.493. The normalized spacial score (nSPS) is 13.6. The topological polar surface area (TPSA) is 62.5 Å². The summed E-state index contributed by atoms with van der Waals surface area (Å²) in [7, 11) is 0. The number of para-hydroxylation sites is 1. The Bertz CT molecular complexity index is 858. The van der Waals surface area contributed by atoms with Gasteiger partial charge in [-0.25, -0.2) is 4.39 Å². The van der Waals surface area contributed by atoms with Gasteiger partial charge in [0.2, 0.25) is 0 Å². The third kappa shape index (κ3) is 4.06. The number of furan rings is 1. The van der Waals surface area contributed by atoms with Gasteiger partial charge in [0.25, 0.3) is 5.91 Å². The highest BCUT2D eigenvalue weighted by Gasteiger charge is 2.18. The summed E-state index contributed by atoms with van der Waals surface area (Å²) in [5.74, 6) is -0.842. The van der Waals surface area contributed by atoms with Crippen LogP contribution in [0.2, 0.25) is 0 Å². The average Bonchev–Trinajstić information content (AvgIpc) is 3.04. The van der Waals surface area contributed by atoms with Gasteiger partial charge in [0, 0.05) is 17.8 Å². The van der Waals surface area contributed by atoms with E-state index in [1.54, 1.807) is 19.1 Å². The van der Waals surface area contributed by atoms with Crippen molar-refractivity contribution in [1.29, 1.82) is 0 Å². The summed E-state index contributed by atoms with van der Waals surface area (Å²) in [5.41, 5.74) is 1.12. The Morgan fingerprint density at radius 1 is 1.20 bits per heavy atom. The molecular weight excluding hydrogens is 321 g/mol. The molecule has 0 aliphatic carbocycles. The molecule has 25 heavy (non-hydrogen) atoms. The fourth-order valence-electron chi connectivity index (χ4n) is 2.92. The number of halogens is 1. The van der Waals surface area contributed by atoms with E-state index in [0.717, 1.165) is 5.56 Å². The summed E-state index contributed by atoms with van der Waals surface area (Å²) in [6.45, 7) is 2.08. The van der Waals surface area contributed by atoms with Gasteiger partial charge in [0.1, 0.15) is 0 Å². The SMILES string of the molecule is CC(O)CC(CNC(=O)c1cc2cccc(F)c2o1)c1ccccc1. The molecule has 1 amide bonds. The van der Waals surface area contributed by atoms with E-state index in [9.17, 15) is 14.3 Å². The zero-order chi connectivity index (χ0) is 17.8. The predicted molar refractivity (Wildman–Crippen MR) is 94.0 cm³/mol. The maximum absolute atomic E-state index is 13.7. The van der Waals surface area contributed by atoms with Crippen molar-refractivity contribution in [2.45, 2.75) is 25.4 Å². The van der Waals surface area contributed by atoms with Gasteiger partial charge in [-0.2, -0.15) is 0 Å². The van der Waals surface area contributed by atoms with Crippen molar-refractivity contribution in [3.63, 3.8) is 0 Å². The molecule has 0 radical (unpaired) electrons. The van der Waals surface area contributed by atoms with Crippen LogP contribution in [0.5, 0.6) is 0 Å². The lowest BCUT2D eigenvalue weighted by atomic mass is 9.93. The number of carbonyl (C=O) groups excluding carboxylic acids is 1. The zero-order valence-electron chi connectivity index (χ0n) is 13.9. The van der Waals surface area contributed by atoms with Crippen molar-refractivity contribution in [2.75, 3.05) is 6.54 Å². The second kappa shape index (κ2) is 7.49. The van der Waals surface area contributed by atoms with E-state index in [1.165, 1.54) is 12.1 Å². The van der Waals surface area contributed by atoms with Gasteiger partial charge >= 0.3 is 0 Å². The largest absolute Gasteiger partial charge is 0.448 e. The van der Waals surface area contributed by atoms with Crippen LogP contribution in [-0.4, -0.2) is 23.7 Å². The molecule has 0 spiro atoms. The van der Waals surface area contributed by atoms with Gasteiger partial charge in [0.05, 0.1) is 6.10 Å². The molecule has 2 atom stereocenters. The minimum absolute atomic E-state index is 0.0220. The number of amides is 1. The highest BCUT2D eigenvalue weighted by Crippen LogP contribution is 2.23. The Labute approximate surface area is 145 Å². The quantitative estimate of drug-likeness (QED) is 0.716. The van der Waals surface area contributed by atoms with Crippen molar-refractivity contribution >= 4 is 16.9 Å². The van der Waals surface area contributed by atoms with Crippen LogP contribution in [0.15, 0.2) is 59.0 Å². The third-order valence-electron chi connectivity index (χ3n) is 4.13. The van der Waals surface area contributed by atoms with E-state index >= 15 is 0 Å². The van der Waals surface area contributed by atoms with Crippen molar-refractivity contribution in [2.24, 2.45) is 0 Å². The van der Waals surface area contributed by atoms with Crippen LogP contribution in [0.3, 0.4) is 0 Å². The summed E-state index contributed by atoms with van der Waals surface area (Å²) in [6, 6.07) is 15.8. The monoisotopic (exact) mass is 341 g/mol. The highest BCUT2D eigenvalue weighted by molar-refractivity contribution is 5.96. The van der Waals surface area contributed by atoms with Crippen LogP contribution in [0.1, 0.15) is 35.4 Å². The van der Waals surface area contributed by atoms with E-state index in [4.69, 9.17) is 4.42 Å². The maximum Gasteiger partial charge on any atom is 0.287 e. The molecule has 5 heteroatoms. The van der Waals surface area contributed by atoms with Crippen LogP contribution in [0.25, 0.3) is 11.0 Å². The number of rotatable bonds is 6. The number of hydrogen-bond donors (Lipinski definition) is 2. The Morgan fingerprint density at radius 3 is 2.64 bits per heavy atom. The molecule has 130 valence electrons. The van der Waals surface area contributed by atoms with Gasteiger partial charge in [-0.15, -0.1) is 0 Å². The first kappa shape index (κ1) is 17.2. The summed E-state index contributed by atoms with van der Waals surface area (Å²) in [5, 5.41) is 13.1. The molecule has 0 saturated carbocycles. The van der Waals surface area contributed by atoms with Crippen molar-refractivity contribution in [1.82, 2.24) is 5.32 Å². The molecule has 2 N–H and O–H groups in total. The van der Waals surface area contributed by atoms with Crippen LogP contribution < -0.4 is 5.32 Å². The molecule has 2 unspecified atom stereocenters. The number of benzene rings is 2. The van der Waals surface area contributed by atoms with Crippen LogP contribution >= 0.6 is 0 Å². The highest BCUT2D eigenvalue weighted by atomic mass is 19.1. The molecule has 3 aromatic rings. The van der Waals surface area contributed by atoms with E-state index < -0.39 is 17.8 Å². The summed E-state index contributed by atoms with van der Waals surface area (Å²) < 4.78 is 19.0. The van der Waals surface area contributed by atoms with Crippen molar-refractivity contribution in [3.8, 4) is 0 Å². The summed E-state index contributed by atoms with van der Waals surface area (Å²) >= 11 is 0. The van der Waals surface area contributed by atoms with Crippen LogP contribution in [0.4, 0.5) is 4.39 Å². The smallest absolute Gasteiger partial charge is 0.287 e. The lowest BCUT2D eigenvalue weighted by molar-refractivity contribution is 0.0920. The number of carbonyl (C=O) groups is 1. The Hall–Kier alpha value is -2.66. The zero-order valence-corrected chi connectivity index (χ0v) is 13.9. The molecule has 0 fully saturated rings. The fourth-order valence-corrected chi connectivity index (χ4v) is 2.92. The molecule has 4 nitrogen and oxygen atoms in total. The van der Waals surface area contributed by atoms with E-state index in [0.29, 0.717) is 18.4 Å². The number of hydrogen-bond acceptors (Lipinski definition) is 3. The first-order valence-electron chi connectivity index (χ1n) is 8.24. The standard InChI is InChI=1S/C20H20FNO3/c1-13(23)10-16(14-6-3-2-4-7-14)12-22-20(24)18-11-15-8-5-9-17(21)19(15)25-18/h2-9,11,13,16,23H,10,12H2,1H3,(H,22,24). The molecule has 2 aromatic carbocycles. The Balaban J connectivity index is 1.73. The van der Waals surface area contributed by atoms with Crippen LogP contribution in [-0.2, 0) is 0 Å². The van der Waals surface area contributed by atoms with Gasteiger partial charge in [0.15, 0.2) is 17.2 Å². The molecule has 1 heterocycles. The first-order valence-corrected chi connectivity index (χ1v) is 8.24. The van der Waals surface area contributed by atoms with Crippen molar-refractivity contribution < 1.29 is 18.7 Å². The Kier molecular flexibility index (Phi) is 5.14. The minimum Gasteiger partial charge on any atom is -0.448 e. The van der Waals surface area contributed by atoms with Crippen LogP contribution in [0, 0.1) is 5.82 Å². The number of fused-ring (bicyclic) bond motifs is 1. The number of aliphatic hydroxyl groups excluding tert-OH is 1. The van der Waals surface area contributed by atoms with Gasteiger partial charge in [-0.1, -0.05) is 42.5 Å². The second-order valence-corrected chi connectivity index (χ2v) is 6.17. The predicted octanol–water partition coefficient (Wildman–Crippen LogP) is 3.86. The lowest BCUT2D eigenvalue weighted by Gasteiger charge is -2.19. The van der Waals surface area contributed by atoms with E-state index in [1.807, 2.05) is 30.3 Å². The summed E-state index contributed by atoms with van der Waals surface area (Å²) in [4.78, 5) is 12.4. The molecule has 0 saturated heterocycles. The third-order valence-corrected chi connectivity index (χ3v) is 4.13.